The first-order valence-electron chi connectivity index (χ1n) is 8.70. The van der Waals surface area contributed by atoms with Gasteiger partial charge in [-0.15, -0.1) is 0 Å². The number of carbonyl (C=O) groups is 3. The minimum Gasteiger partial charge on any atom is -0.451 e. The molecule has 3 amide bonds. The first-order chi connectivity index (χ1) is 12.4. The molecule has 0 spiro atoms. The van der Waals surface area contributed by atoms with E-state index in [2.05, 4.69) is 0 Å². The Morgan fingerprint density at radius 3 is 2.73 bits per heavy atom. The molecule has 2 aliphatic heterocycles. The number of aryl methyl sites for hydroxylation is 2. The van der Waals surface area contributed by atoms with Crippen LogP contribution in [-0.4, -0.2) is 71.7 Å². The van der Waals surface area contributed by atoms with Gasteiger partial charge < -0.3 is 19.1 Å². The van der Waals surface area contributed by atoms with E-state index in [0.29, 0.717) is 24.4 Å². The maximum atomic E-state index is 13.0. The SMILES string of the molecule is Cc1ccc2oc(C(=O)N3CCN4C(=O)CN(C)C(=O)[C@H]4C3)c(C)c2c1. The van der Waals surface area contributed by atoms with Crippen LogP contribution in [0.1, 0.15) is 21.7 Å². The Balaban J connectivity index is 1.62. The minimum atomic E-state index is -0.606. The van der Waals surface area contributed by atoms with Crippen molar-refractivity contribution in [1.29, 1.82) is 0 Å². The molecule has 2 saturated heterocycles. The van der Waals surface area contributed by atoms with Gasteiger partial charge in [-0.2, -0.15) is 0 Å². The first kappa shape index (κ1) is 16.6. The van der Waals surface area contributed by atoms with Crippen molar-refractivity contribution in [3.63, 3.8) is 0 Å². The van der Waals surface area contributed by atoms with Crippen LogP contribution >= 0.6 is 0 Å². The summed E-state index contributed by atoms with van der Waals surface area (Å²) in [5.74, 6) is -0.120. The molecular weight excluding hydrogens is 334 g/mol. The highest BCUT2D eigenvalue weighted by Crippen LogP contribution is 2.28. The average Bonchev–Trinajstić information content (AvgIpc) is 2.95. The van der Waals surface area contributed by atoms with E-state index in [1.165, 1.54) is 4.90 Å². The van der Waals surface area contributed by atoms with Gasteiger partial charge in [-0.05, 0) is 26.0 Å². The van der Waals surface area contributed by atoms with Gasteiger partial charge in [0.2, 0.25) is 11.8 Å². The number of fused-ring (bicyclic) bond motifs is 2. The van der Waals surface area contributed by atoms with E-state index in [-0.39, 0.29) is 30.8 Å². The van der Waals surface area contributed by atoms with E-state index in [0.717, 1.165) is 16.5 Å². The zero-order valence-electron chi connectivity index (χ0n) is 15.1. The molecule has 1 atom stereocenters. The summed E-state index contributed by atoms with van der Waals surface area (Å²) in [7, 11) is 1.62. The number of hydrogen-bond donors (Lipinski definition) is 0. The van der Waals surface area contributed by atoms with Crippen molar-refractivity contribution >= 4 is 28.7 Å². The van der Waals surface area contributed by atoms with Crippen LogP contribution in [0.15, 0.2) is 22.6 Å². The van der Waals surface area contributed by atoms with E-state index >= 15 is 0 Å². The summed E-state index contributed by atoms with van der Waals surface area (Å²) in [5.41, 5.74) is 2.58. The number of hydrogen-bond acceptors (Lipinski definition) is 4. The summed E-state index contributed by atoms with van der Waals surface area (Å²) in [6.45, 7) is 4.93. The molecule has 1 aromatic carbocycles. The number of furan rings is 1. The van der Waals surface area contributed by atoms with Crippen LogP contribution in [0.25, 0.3) is 11.0 Å². The molecule has 7 heteroatoms. The highest BCUT2D eigenvalue weighted by atomic mass is 16.3. The molecule has 2 aliphatic rings. The van der Waals surface area contributed by atoms with E-state index in [1.54, 1.807) is 16.8 Å². The molecule has 0 aliphatic carbocycles. The first-order valence-corrected chi connectivity index (χ1v) is 8.70. The van der Waals surface area contributed by atoms with E-state index in [1.807, 2.05) is 32.0 Å². The highest BCUT2D eigenvalue weighted by molar-refractivity contribution is 6.00. The molecule has 2 aromatic rings. The summed E-state index contributed by atoms with van der Waals surface area (Å²) in [6.07, 6.45) is 0. The fraction of sp³-hybridized carbons (Fsp3) is 0.421. The topological polar surface area (TPSA) is 74.1 Å². The van der Waals surface area contributed by atoms with Gasteiger partial charge in [0.25, 0.3) is 5.91 Å². The molecule has 0 unspecified atom stereocenters. The predicted octanol–water partition coefficient (Wildman–Crippen LogP) is 1.17. The highest BCUT2D eigenvalue weighted by Gasteiger charge is 2.42. The second kappa shape index (κ2) is 5.86. The number of benzene rings is 1. The minimum absolute atomic E-state index is 0.0698. The molecular formula is C19H21N3O4. The quantitative estimate of drug-likeness (QED) is 0.770. The van der Waals surface area contributed by atoms with Gasteiger partial charge in [-0.1, -0.05) is 11.6 Å². The van der Waals surface area contributed by atoms with Crippen molar-refractivity contribution in [3.8, 4) is 0 Å². The van der Waals surface area contributed by atoms with Gasteiger partial charge in [0.15, 0.2) is 5.76 Å². The summed E-state index contributed by atoms with van der Waals surface area (Å²) in [4.78, 5) is 42.2. The Morgan fingerprint density at radius 2 is 1.96 bits per heavy atom. The summed E-state index contributed by atoms with van der Waals surface area (Å²) < 4.78 is 5.81. The van der Waals surface area contributed by atoms with E-state index < -0.39 is 6.04 Å². The van der Waals surface area contributed by atoms with Crippen LogP contribution in [0.5, 0.6) is 0 Å². The zero-order valence-corrected chi connectivity index (χ0v) is 15.1. The second-order valence-corrected chi connectivity index (χ2v) is 7.10. The maximum absolute atomic E-state index is 13.0. The molecule has 1 aromatic heterocycles. The van der Waals surface area contributed by atoms with Crippen molar-refractivity contribution in [2.75, 3.05) is 33.2 Å². The molecule has 0 N–H and O–H groups in total. The number of piperazine rings is 2. The van der Waals surface area contributed by atoms with Gasteiger partial charge in [0.1, 0.15) is 11.6 Å². The Labute approximate surface area is 151 Å². The van der Waals surface area contributed by atoms with Gasteiger partial charge in [0, 0.05) is 31.1 Å². The molecule has 26 heavy (non-hydrogen) atoms. The lowest BCUT2D eigenvalue weighted by atomic mass is 10.1. The van der Waals surface area contributed by atoms with Crippen molar-refractivity contribution in [2.45, 2.75) is 19.9 Å². The largest absolute Gasteiger partial charge is 0.451 e. The molecule has 0 radical (unpaired) electrons. The van der Waals surface area contributed by atoms with Crippen molar-refractivity contribution < 1.29 is 18.8 Å². The van der Waals surface area contributed by atoms with Crippen LogP contribution in [0, 0.1) is 13.8 Å². The molecule has 3 heterocycles. The smallest absolute Gasteiger partial charge is 0.290 e. The maximum Gasteiger partial charge on any atom is 0.290 e. The molecule has 0 saturated carbocycles. The van der Waals surface area contributed by atoms with Crippen LogP contribution < -0.4 is 0 Å². The molecule has 2 fully saturated rings. The van der Waals surface area contributed by atoms with Gasteiger partial charge in [0.05, 0.1) is 13.1 Å². The molecule has 4 rings (SSSR count). The Hall–Kier alpha value is -2.83. The fourth-order valence-corrected chi connectivity index (χ4v) is 3.79. The lowest BCUT2D eigenvalue weighted by Gasteiger charge is -2.45. The lowest BCUT2D eigenvalue weighted by Crippen LogP contribution is -2.66. The Bertz CT molecular complexity index is 932. The van der Waals surface area contributed by atoms with Crippen molar-refractivity contribution in [2.24, 2.45) is 0 Å². The molecule has 7 nitrogen and oxygen atoms in total. The van der Waals surface area contributed by atoms with E-state index in [9.17, 15) is 14.4 Å². The van der Waals surface area contributed by atoms with Crippen LogP contribution in [0.3, 0.4) is 0 Å². The average molecular weight is 355 g/mol. The summed E-state index contributed by atoms with van der Waals surface area (Å²) in [5, 5.41) is 0.927. The summed E-state index contributed by atoms with van der Waals surface area (Å²) in [6, 6.07) is 5.21. The fourth-order valence-electron chi connectivity index (χ4n) is 3.79. The lowest BCUT2D eigenvalue weighted by molar-refractivity contribution is -0.157. The normalized spacial score (nSPS) is 20.7. The second-order valence-electron chi connectivity index (χ2n) is 7.10. The van der Waals surface area contributed by atoms with E-state index in [4.69, 9.17) is 4.42 Å². The third kappa shape index (κ3) is 2.46. The third-order valence-corrected chi connectivity index (χ3v) is 5.31. The molecule has 136 valence electrons. The Kier molecular flexibility index (Phi) is 3.75. The van der Waals surface area contributed by atoms with Gasteiger partial charge in [-0.25, -0.2) is 0 Å². The zero-order chi connectivity index (χ0) is 18.6. The number of rotatable bonds is 1. The van der Waals surface area contributed by atoms with Gasteiger partial charge in [-0.3, -0.25) is 14.4 Å². The molecule has 0 bridgehead atoms. The number of likely N-dealkylation sites (N-methyl/N-ethyl adjacent to an activating group) is 1. The van der Waals surface area contributed by atoms with Crippen molar-refractivity contribution in [3.05, 3.63) is 35.1 Å². The Morgan fingerprint density at radius 1 is 1.19 bits per heavy atom. The van der Waals surface area contributed by atoms with Crippen LogP contribution in [0.2, 0.25) is 0 Å². The monoisotopic (exact) mass is 355 g/mol. The number of nitrogens with zero attached hydrogens (tertiary/aromatic N) is 3. The third-order valence-electron chi connectivity index (χ3n) is 5.31. The number of amides is 3. The number of carbonyl (C=O) groups excluding carboxylic acids is 3. The van der Waals surface area contributed by atoms with Gasteiger partial charge >= 0.3 is 0 Å². The van der Waals surface area contributed by atoms with Crippen LogP contribution in [-0.2, 0) is 9.59 Å². The predicted molar refractivity (Wildman–Crippen MR) is 94.7 cm³/mol. The standard InChI is InChI=1S/C19H21N3O4/c1-11-4-5-15-13(8-11)12(2)17(26-15)19(25)21-6-7-22-14(9-21)18(24)20(3)10-16(22)23/h4-5,8,14H,6-7,9-10H2,1-3H3/t14-/m1/s1. The summed E-state index contributed by atoms with van der Waals surface area (Å²) >= 11 is 0. The van der Waals surface area contributed by atoms with Crippen molar-refractivity contribution in [1.82, 2.24) is 14.7 Å². The van der Waals surface area contributed by atoms with Crippen LogP contribution in [0.4, 0.5) is 0 Å².